The number of halogens is 1. The third-order valence-corrected chi connectivity index (χ3v) is 4.67. The lowest BCUT2D eigenvalue weighted by molar-refractivity contribution is -0.127. The number of carbonyl (C=O) groups is 4. The molecule has 0 spiro atoms. The zero-order valence-corrected chi connectivity index (χ0v) is 15.0. The van der Waals surface area contributed by atoms with Crippen LogP contribution in [0, 0.1) is 5.82 Å². The van der Waals surface area contributed by atoms with E-state index in [2.05, 4.69) is 5.32 Å². The highest BCUT2D eigenvalue weighted by Crippen LogP contribution is 2.32. The fourth-order valence-electron chi connectivity index (χ4n) is 2.44. The van der Waals surface area contributed by atoms with Crippen LogP contribution in [0.1, 0.15) is 15.9 Å². The summed E-state index contributed by atoms with van der Waals surface area (Å²) in [4.78, 5) is 48.4. The van der Waals surface area contributed by atoms with Crippen LogP contribution in [-0.2, 0) is 9.59 Å². The Labute approximate surface area is 162 Å². The van der Waals surface area contributed by atoms with E-state index in [4.69, 9.17) is 5.11 Å². The van der Waals surface area contributed by atoms with Crippen LogP contribution in [0.15, 0.2) is 53.4 Å². The van der Waals surface area contributed by atoms with E-state index in [1.807, 2.05) is 0 Å². The molecule has 142 valence electrons. The summed E-state index contributed by atoms with van der Waals surface area (Å²) in [6.45, 7) is -0.545. The van der Waals surface area contributed by atoms with Crippen LogP contribution in [0.2, 0.25) is 0 Å². The smallest absolute Gasteiger partial charge is 0.335 e. The number of carboxylic acid groups (broad SMARTS) is 1. The molecule has 1 aliphatic rings. The van der Waals surface area contributed by atoms with Gasteiger partial charge in [0.1, 0.15) is 12.4 Å². The summed E-state index contributed by atoms with van der Waals surface area (Å²) in [5, 5.41) is 10.8. The molecule has 0 atom stereocenters. The quantitative estimate of drug-likeness (QED) is 0.747. The van der Waals surface area contributed by atoms with Gasteiger partial charge < -0.3 is 10.4 Å². The van der Waals surface area contributed by atoms with Crippen molar-refractivity contribution in [2.75, 3.05) is 11.9 Å². The Morgan fingerprint density at radius 2 is 1.89 bits per heavy atom. The second kappa shape index (κ2) is 8.05. The van der Waals surface area contributed by atoms with Crippen LogP contribution in [0.4, 0.5) is 14.9 Å². The Morgan fingerprint density at radius 1 is 1.14 bits per heavy atom. The molecule has 0 bridgehead atoms. The minimum atomic E-state index is -1.15. The van der Waals surface area contributed by atoms with E-state index in [0.717, 1.165) is 4.90 Å². The zero-order chi connectivity index (χ0) is 20.3. The number of hydrogen-bond donors (Lipinski definition) is 2. The topological polar surface area (TPSA) is 104 Å². The number of carbonyl (C=O) groups excluding carboxylic acids is 3. The van der Waals surface area contributed by atoms with Gasteiger partial charge in [0, 0.05) is 11.3 Å². The van der Waals surface area contributed by atoms with Crippen LogP contribution in [0.5, 0.6) is 0 Å². The lowest BCUT2D eigenvalue weighted by Gasteiger charge is -2.12. The van der Waals surface area contributed by atoms with Gasteiger partial charge >= 0.3 is 5.97 Å². The Balaban J connectivity index is 1.71. The van der Waals surface area contributed by atoms with E-state index in [0.29, 0.717) is 11.8 Å². The van der Waals surface area contributed by atoms with Gasteiger partial charge in [-0.15, -0.1) is 0 Å². The SMILES string of the molecule is O=C(CN1C(=O)S/C(=C\c2ccccc2F)C1=O)Nc1cccc(C(=O)O)c1. The van der Waals surface area contributed by atoms with Gasteiger partial charge in [-0.2, -0.15) is 0 Å². The second-order valence-electron chi connectivity index (χ2n) is 5.72. The number of hydrogen-bond acceptors (Lipinski definition) is 5. The number of nitrogens with zero attached hydrogens (tertiary/aromatic N) is 1. The maximum Gasteiger partial charge on any atom is 0.335 e. The molecule has 0 saturated carbocycles. The van der Waals surface area contributed by atoms with Crippen molar-refractivity contribution in [3.05, 3.63) is 70.4 Å². The molecule has 2 aromatic carbocycles. The van der Waals surface area contributed by atoms with E-state index in [9.17, 15) is 23.6 Å². The molecule has 1 saturated heterocycles. The van der Waals surface area contributed by atoms with Crippen molar-refractivity contribution in [2.24, 2.45) is 0 Å². The molecule has 1 aliphatic heterocycles. The van der Waals surface area contributed by atoms with Gasteiger partial charge in [0.05, 0.1) is 10.5 Å². The first-order chi connectivity index (χ1) is 13.3. The Morgan fingerprint density at radius 3 is 2.61 bits per heavy atom. The van der Waals surface area contributed by atoms with Crippen LogP contribution < -0.4 is 5.32 Å². The lowest BCUT2D eigenvalue weighted by Crippen LogP contribution is -2.36. The largest absolute Gasteiger partial charge is 0.478 e. The van der Waals surface area contributed by atoms with Crippen molar-refractivity contribution in [3.8, 4) is 0 Å². The predicted octanol–water partition coefficient (Wildman–Crippen LogP) is 3.20. The maximum absolute atomic E-state index is 13.7. The number of thioether (sulfide) groups is 1. The molecule has 1 heterocycles. The number of aromatic carboxylic acids is 1. The van der Waals surface area contributed by atoms with Gasteiger partial charge in [0.15, 0.2) is 0 Å². The molecular formula is C19H13FN2O5S. The first-order valence-electron chi connectivity index (χ1n) is 7.98. The molecule has 9 heteroatoms. The van der Waals surface area contributed by atoms with E-state index in [1.165, 1.54) is 48.5 Å². The molecule has 3 rings (SSSR count). The number of rotatable bonds is 5. The number of imide groups is 1. The Hall–Kier alpha value is -3.46. The van der Waals surface area contributed by atoms with Crippen molar-refractivity contribution < 1.29 is 28.7 Å². The fraction of sp³-hybridized carbons (Fsp3) is 0.0526. The van der Waals surface area contributed by atoms with Crippen LogP contribution in [0.3, 0.4) is 0 Å². The third kappa shape index (κ3) is 4.26. The molecule has 2 N–H and O–H groups in total. The van der Waals surface area contributed by atoms with Crippen molar-refractivity contribution in [2.45, 2.75) is 0 Å². The summed E-state index contributed by atoms with van der Waals surface area (Å²) >= 11 is 0.614. The number of carboxylic acids is 1. The molecule has 0 aromatic heterocycles. The van der Waals surface area contributed by atoms with Crippen molar-refractivity contribution in [1.82, 2.24) is 4.90 Å². The van der Waals surface area contributed by atoms with Gasteiger partial charge in [-0.25, -0.2) is 9.18 Å². The molecule has 0 unspecified atom stereocenters. The highest BCUT2D eigenvalue weighted by molar-refractivity contribution is 8.18. The third-order valence-electron chi connectivity index (χ3n) is 3.76. The molecular weight excluding hydrogens is 387 g/mol. The molecule has 0 radical (unpaired) electrons. The van der Waals surface area contributed by atoms with Crippen LogP contribution in [0.25, 0.3) is 6.08 Å². The highest BCUT2D eigenvalue weighted by Gasteiger charge is 2.36. The molecule has 3 amide bonds. The van der Waals surface area contributed by atoms with Crippen molar-refractivity contribution in [1.29, 1.82) is 0 Å². The molecule has 1 fully saturated rings. The molecule has 7 nitrogen and oxygen atoms in total. The summed E-state index contributed by atoms with van der Waals surface area (Å²) in [6.07, 6.45) is 1.26. The van der Waals surface area contributed by atoms with Gasteiger partial charge in [0.2, 0.25) is 5.91 Å². The van der Waals surface area contributed by atoms with Crippen LogP contribution >= 0.6 is 11.8 Å². The monoisotopic (exact) mass is 400 g/mol. The van der Waals surface area contributed by atoms with Crippen molar-refractivity contribution >= 4 is 46.5 Å². The van der Waals surface area contributed by atoms with Gasteiger partial charge in [-0.05, 0) is 42.1 Å². The van der Waals surface area contributed by atoms with Crippen LogP contribution in [-0.4, -0.2) is 39.6 Å². The number of benzene rings is 2. The first-order valence-corrected chi connectivity index (χ1v) is 8.80. The summed E-state index contributed by atoms with van der Waals surface area (Å²) < 4.78 is 13.7. The van der Waals surface area contributed by atoms with E-state index in [1.54, 1.807) is 6.07 Å². The average molecular weight is 400 g/mol. The van der Waals surface area contributed by atoms with E-state index < -0.39 is 35.4 Å². The average Bonchev–Trinajstić information content (AvgIpc) is 2.91. The highest BCUT2D eigenvalue weighted by atomic mass is 32.2. The summed E-state index contributed by atoms with van der Waals surface area (Å²) in [6, 6.07) is 11.3. The lowest BCUT2D eigenvalue weighted by atomic mass is 10.2. The Kier molecular flexibility index (Phi) is 5.55. The maximum atomic E-state index is 13.7. The first kappa shape index (κ1) is 19.3. The number of anilines is 1. The van der Waals surface area contributed by atoms with Crippen molar-refractivity contribution in [3.63, 3.8) is 0 Å². The van der Waals surface area contributed by atoms with E-state index in [-0.39, 0.29) is 21.7 Å². The normalized spacial score (nSPS) is 15.2. The van der Waals surface area contributed by atoms with Gasteiger partial charge in [0.25, 0.3) is 11.1 Å². The fourth-order valence-corrected chi connectivity index (χ4v) is 3.27. The molecule has 28 heavy (non-hydrogen) atoms. The van der Waals surface area contributed by atoms with Gasteiger partial charge in [-0.3, -0.25) is 19.3 Å². The Bertz CT molecular complexity index is 1020. The summed E-state index contributed by atoms with van der Waals surface area (Å²) in [5.74, 6) is -3.06. The van der Waals surface area contributed by atoms with E-state index >= 15 is 0 Å². The second-order valence-corrected chi connectivity index (χ2v) is 6.72. The summed E-state index contributed by atoms with van der Waals surface area (Å²) in [5.41, 5.74) is 0.360. The molecule has 2 aromatic rings. The minimum absolute atomic E-state index is 0.00998. The summed E-state index contributed by atoms with van der Waals surface area (Å²) in [7, 11) is 0. The zero-order valence-electron chi connectivity index (χ0n) is 14.2. The molecule has 0 aliphatic carbocycles. The number of amides is 3. The van der Waals surface area contributed by atoms with Gasteiger partial charge in [-0.1, -0.05) is 24.3 Å². The predicted molar refractivity (Wildman–Crippen MR) is 101 cm³/mol. The number of nitrogens with one attached hydrogen (secondary N) is 1. The minimum Gasteiger partial charge on any atom is -0.478 e. The standard InChI is InChI=1S/C19H13FN2O5S/c20-14-7-2-1-4-11(14)9-15-17(24)22(19(27)28-15)10-16(23)21-13-6-3-5-12(8-13)18(25)26/h1-9H,10H2,(H,21,23)(H,25,26)/b15-9-.